The van der Waals surface area contributed by atoms with E-state index in [9.17, 15) is 9.59 Å². The number of fused-ring (bicyclic) bond motifs is 1. The van der Waals surface area contributed by atoms with Gasteiger partial charge in [-0.15, -0.1) is 0 Å². The number of amides is 2. The van der Waals surface area contributed by atoms with Crippen LogP contribution in [-0.4, -0.2) is 53.2 Å². The molecule has 0 bridgehead atoms. The first kappa shape index (κ1) is 18.6. The fourth-order valence-corrected chi connectivity index (χ4v) is 4.23. The highest BCUT2D eigenvalue weighted by Crippen LogP contribution is 2.34. The molecule has 8 heteroatoms. The normalized spacial score (nSPS) is 19.1. The van der Waals surface area contributed by atoms with Gasteiger partial charge < -0.3 is 9.64 Å². The summed E-state index contributed by atoms with van der Waals surface area (Å²) in [5, 5.41) is 8.85. The molecule has 2 aliphatic heterocycles. The third kappa shape index (κ3) is 3.41. The number of ether oxygens (including phenoxy) is 1. The number of pyridine rings is 1. The number of carbonyl (C=O) groups excluding carboxylic acids is 2. The Bertz CT molecular complexity index is 1030. The second-order valence-electron chi connectivity index (χ2n) is 6.77. The van der Waals surface area contributed by atoms with Crippen molar-refractivity contribution in [2.75, 3.05) is 31.2 Å². The van der Waals surface area contributed by atoms with Crippen molar-refractivity contribution in [2.45, 2.75) is 13.8 Å². The minimum Gasteiger partial charge on any atom is -0.378 e. The maximum Gasteiger partial charge on any atom is 0.273 e. The number of benzene rings is 1. The lowest BCUT2D eigenvalue weighted by Gasteiger charge is -2.29. The number of rotatable bonds is 2. The van der Waals surface area contributed by atoms with E-state index in [0.717, 1.165) is 57.6 Å². The Morgan fingerprint density at radius 1 is 1.29 bits per heavy atom. The maximum absolute atomic E-state index is 12.6. The molecule has 0 aliphatic carbocycles. The van der Waals surface area contributed by atoms with Gasteiger partial charge in [0, 0.05) is 31.0 Å². The number of hydrogen-bond donors (Lipinski definition) is 1. The average Bonchev–Trinajstić information content (AvgIpc) is 2.95. The highest BCUT2D eigenvalue weighted by Gasteiger charge is 2.35. The summed E-state index contributed by atoms with van der Waals surface area (Å²) in [7, 11) is 0. The molecule has 0 radical (unpaired) electrons. The van der Waals surface area contributed by atoms with Gasteiger partial charge in [0.05, 0.1) is 23.6 Å². The van der Waals surface area contributed by atoms with Crippen LogP contribution >= 0.6 is 11.8 Å². The highest BCUT2D eigenvalue weighted by molar-refractivity contribution is 8.18. The zero-order valence-electron chi connectivity index (χ0n) is 15.7. The summed E-state index contributed by atoms with van der Waals surface area (Å²) in [4.78, 5) is 32.5. The summed E-state index contributed by atoms with van der Waals surface area (Å²) >= 11 is 0.998. The summed E-state index contributed by atoms with van der Waals surface area (Å²) in [5.41, 5.74) is 2.81. The molecular formula is C20H20N4O3S. The van der Waals surface area contributed by atoms with E-state index in [1.165, 1.54) is 6.92 Å². The molecule has 0 atom stereocenters. The number of thioether (sulfide) groups is 1. The van der Waals surface area contributed by atoms with Crippen LogP contribution in [0.5, 0.6) is 0 Å². The van der Waals surface area contributed by atoms with Crippen LogP contribution in [0.4, 0.5) is 5.82 Å². The molecule has 3 heterocycles. The fraction of sp³-hybridized carbons (Fsp3) is 0.300. The van der Waals surface area contributed by atoms with Gasteiger partial charge in [0.15, 0.2) is 5.17 Å². The average molecular weight is 396 g/mol. The maximum atomic E-state index is 12.6. The number of aromatic nitrogens is 1. The van der Waals surface area contributed by atoms with E-state index in [1.54, 1.807) is 6.08 Å². The number of amidine groups is 1. The summed E-state index contributed by atoms with van der Waals surface area (Å²) in [6.45, 7) is 6.00. The van der Waals surface area contributed by atoms with E-state index in [4.69, 9.17) is 15.1 Å². The van der Waals surface area contributed by atoms with E-state index in [-0.39, 0.29) is 5.17 Å². The van der Waals surface area contributed by atoms with Crippen LogP contribution in [0.25, 0.3) is 17.0 Å². The molecule has 0 spiro atoms. The summed E-state index contributed by atoms with van der Waals surface area (Å²) in [6.07, 6.45) is 1.74. The van der Waals surface area contributed by atoms with Gasteiger partial charge in [0.1, 0.15) is 5.82 Å². The SMILES string of the molecule is CC(=O)N1C(=N)S/C(=C/c2cc3cc(C)ccc3nc2N2CCOCC2)C1=O. The van der Waals surface area contributed by atoms with Crippen LogP contribution in [0, 0.1) is 12.3 Å². The second kappa shape index (κ2) is 7.37. The quantitative estimate of drug-likeness (QED) is 0.786. The van der Waals surface area contributed by atoms with E-state index < -0.39 is 11.8 Å². The Hall–Kier alpha value is -2.71. The molecule has 1 aromatic carbocycles. The molecule has 28 heavy (non-hydrogen) atoms. The minimum absolute atomic E-state index is 0.0683. The zero-order valence-corrected chi connectivity index (χ0v) is 16.5. The molecule has 144 valence electrons. The predicted octanol–water partition coefficient (Wildman–Crippen LogP) is 2.78. The van der Waals surface area contributed by atoms with E-state index in [0.29, 0.717) is 18.1 Å². The molecule has 2 aliphatic rings. The summed E-state index contributed by atoms with van der Waals surface area (Å²) in [6, 6.07) is 8.09. The first-order chi connectivity index (χ1) is 13.4. The molecule has 2 aromatic rings. The van der Waals surface area contributed by atoms with Gasteiger partial charge in [-0.05, 0) is 43.0 Å². The number of nitrogens with zero attached hydrogens (tertiary/aromatic N) is 3. The minimum atomic E-state index is -0.459. The van der Waals surface area contributed by atoms with Gasteiger partial charge in [-0.25, -0.2) is 9.88 Å². The summed E-state index contributed by atoms with van der Waals surface area (Å²) in [5.74, 6) is -0.125. The fourth-order valence-electron chi connectivity index (χ4n) is 3.35. The molecule has 4 rings (SSSR count). The molecule has 1 aromatic heterocycles. The number of hydrogen-bond acceptors (Lipinski definition) is 7. The Kier molecular flexibility index (Phi) is 4.91. The van der Waals surface area contributed by atoms with Crippen molar-refractivity contribution in [1.82, 2.24) is 9.88 Å². The van der Waals surface area contributed by atoms with E-state index >= 15 is 0 Å². The predicted molar refractivity (Wildman–Crippen MR) is 110 cm³/mol. The van der Waals surface area contributed by atoms with Gasteiger partial charge >= 0.3 is 0 Å². The van der Waals surface area contributed by atoms with Gasteiger partial charge in [0.25, 0.3) is 5.91 Å². The van der Waals surface area contributed by atoms with Crippen LogP contribution in [-0.2, 0) is 14.3 Å². The summed E-state index contributed by atoms with van der Waals surface area (Å²) < 4.78 is 5.45. The van der Waals surface area contributed by atoms with Crippen molar-refractivity contribution >= 4 is 51.5 Å². The molecule has 0 unspecified atom stereocenters. The molecule has 2 amide bonds. The topological polar surface area (TPSA) is 86.6 Å². The van der Waals surface area contributed by atoms with E-state index in [2.05, 4.69) is 11.0 Å². The Morgan fingerprint density at radius 3 is 2.71 bits per heavy atom. The molecule has 2 saturated heterocycles. The van der Waals surface area contributed by atoms with Gasteiger partial charge in [-0.2, -0.15) is 0 Å². The number of imide groups is 1. The lowest BCUT2D eigenvalue weighted by atomic mass is 10.1. The smallest absolute Gasteiger partial charge is 0.273 e. The standard InChI is InChI=1S/C20H20N4O3S/c1-12-3-4-16-14(9-12)10-15(18(22-16)23-5-7-27-8-6-23)11-17-19(26)24(13(2)25)20(21)28-17/h3-4,9-11,21H,5-8H2,1-2H3/b17-11+,21-20?. The van der Waals surface area contributed by atoms with Crippen LogP contribution in [0.15, 0.2) is 29.2 Å². The van der Waals surface area contributed by atoms with Crippen molar-refractivity contribution in [2.24, 2.45) is 0 Å². The molecule has 2 fully saturated rings. The molecule has 0 saturated carbocycles. The Balaban J connectivity index is 1.83. The second-order valence-corrected chi connectivity index (χ2v) is 7.80. The van der Waals surface area contributed by atoms with Crippen molar-refractivity contribution in [3.05, 3.63) is 40.3 Å². The molecule has 7 nitrogen and oxygen atoms in total. The number of carbonyl (C=O) groups is 2. The van der Waals surface area contributed by atoms with Crippen molar-refractivity contribution < 1.29 is 14.3 Å². The Labute approximate surface area is 166 Å². The zero-order chi connectivity index (χ0) is 19.8. The van der Waals surface area contributed by atoms with Crippen LogP contribution in [0.1, 0.15) is 18.1 Å². The third-order valence-corrected chi connectivity index (χ3v) is 5.60. The van der Waals surface area contributed by atoms with Gasteiger partial charge in [-0.3, -0.25) is 15.0 Å². The van der Waals surface area contributed by atoms with Crippen LogP contribution < -0.4 is 4.90 Å². The lowest BCUT2D eigenvalue weighted by molar-refractivity contribution is -0.135. The Morgan fingerprint density at radius 2 is 2.04 bits per heavy atom. The van der Waals surface area contributed by atoms with Gasteiger partial charge in [0.2, 0.25) is 5.91 Å². The highest BCUT2D eigenvalue weighted by atomic mass is 32.2. The molecular weight excluding hydrogens is 376 g/mol. The van der Waals surface area contributed by atoms with Crippen LogP contribution in [0.3, 0.4) is 0 Å². The number of nitrogens with one attached hydrogen (secondary N) is 1. The first-order valence-electron chi connectivity index (χ1n) is 9.01. The first-order valence-corrected chi connectivity index (χ1v) is 9.83. The van der Waals surface area contributed by atoms with Gasteiger partial charge in [-0.1, -0.05) is 11.6 Å². The number of morpholine rings is 1. The number of aryl methyl sites for hydroxylation is 1. The van der Waals surface area contributed by atoms with Crippen molar-refractivity contribution in [1.29, 1.82) is 5.41 Å². The third-order valence-electron chi connectivity index (χ3n) is 4.71. The molecule has 1 N–H and O–H groups in total. The van der Waals surface area contributed by atoms with Crippen molar-refractivity contribution in [3.8, 4) is 0 Å². The monoisotopic (exact) mass is 396 g/mol. The lowest BCUT2D eigenvalue weighted by Crippen LogP contribution is -2.37. The number of anilines is 1. The van der Waals surface area contributed by atoms with Crippen LogP contribution in [0.2, 0.25) is 0 Å². The van der Waals surface area contributed by atoms with Crippen molar-refractivity contribution in [3.63, 3.8) is 0 Å². The largest absolute Gasteiger partial charge is 0.378 e. The van der Waals surface area contributed by atoms with E-state index in [1.807, 2.05) is 25.1 Å².